The fourth-order valence-electron chi connectivity index (χ4n) is 4.94. The van der Waals surface area contributed by atoms with Crippen LogP contribution in [0.15, 0.2) is 69.8 Å². The van der Waals surface area contributed by atoms with E-state index in [0.29, 0.717) is 45.7 Å². The van der Waals surface area contributed by atoms with Crippen LogP contribution in [0.3, 0.4) is 0 Å². The smallest absolute Gasteiger partial charge is 0.257 e. The molecule has 1 aliphatic heterocycles. The second-order valence-corrected chi connectivity index (χ2v) is 11.2. The van der Waals surface area contributed by atoms with Crippen LogP contribution in [0.25, 0.3) is 0 Å². The molecule has 34 heavy (non-hydrogen) atoms. The number of nitrogens with one attached hydrogen (secondary N) is 2. The number of benzene rings is 2. The van der Waals surface area contributed by atoms with Gasteiger partial charge in [-0.15, -0.1) is 0 Å². The Hall–Kier alpha value is -2.83. The number of aromatic amines is 1. The van der Waals surface area contributed by atoms with Crippen molar-refractivity contribution in [2.75, 3.05) is 5.32 Å². The van der Waals surface area contributed by atoms with Gasteiger partial charge in [-0.25, -0.2) is 4.98 Å². The third-order valence-electron chi connectivity index (χ3n) is 6.37. The molecule has 174 valence electrons. The second kappa shape index (κ2) is 8.75. The van der Waals surface area contributed by atoms with Gasteiger partial charge in [0.05, 0.1) is 5.56 Å². The quantitative estimate of drug-likeness (QED) is 0.334. The molecule has 5 nitrogen and oxygen atoms in total. The highest BCUT2D eigenvalue weighted by Gasteiger charge is 2.42. The lowest BCUT2D eigenvalue weighted by atomic mass is 9.69. The summed E-state index contributed by atoms with van der Waals surface area (Å²) < 4.78 is 0. The fourth-order valence-corrected chi connectivity index (χ4v) is 5.98. The molecule has 0 radical (unpaired) electrons. The number of nitrogens with zero attached hydrogens (tertiary/aromatic N) is 1. The molecule has 1 atom stereocenters. The molecule has 1 aromatic heterocycles. The van der Waals surface area contributed by atoms with Crippen molar-refractivity contribution >= 4 is 35.0 Å². The molecule has 0 fully saturated rings. The fraction of sp³-hybridized carbons (Fsp3) is 0.296. The minimum absolute atomic E-state index is 0.0478. The maximum absolute atomic E-state index is 13.4. The average Bonchev–Trinajstić information content (AvgIpc) is 2.76. The van der Waals surface area contributed by atoms with Gasteiger partial charge in [-0.05, 0) is 36.0 Å². The van der Waals surface area contributed by atoms with Crippen LogP contribution in [-0.2, 0) is 10.5 Å². The van der Waals surface area contributed by atoms with E-state index in [0.717, 1.165) is 16.8 Å². The number of halogens is 1. The Kier molecular flexibility index (Phi) is 5.90. The second-order valence-electron chi connectivity index (χ2n) is 9.82. The SMILES string of the molecule is Cc1cccc(CSc2nc3c(c(=O)[nH]2)[C@H](c2ccccc2Cl)C2=C(CC(C)(C)CC2=O)N3)c1. The number of rotatable bonds is 4. The molecule has 0 amide bonds. The Morgan fingerprint density at radius 1 is 1.12 bits per heavy atom. The highest BCUT2D eigenvalue weighted by atomic mass is 35.5. The van der Waals surface area contributed by atoms with Crippen molar-refractivity contribution in [3.8, 4) is 0 Å². The van der Waals surface area contributed by atoms with E-state index >= 15 is 0 Å². The van der Waals surface area contributed by atoms with Crippen LogP contribution in [0.5, 0.6) is 0 Å². The summed E-state index contributed by atoms with van der Waals surface area (Å²) in [7, 11) is 0. The number of Topliss-reactive ketones (excluding diaryl/α,β-unsaturated/α-hetero) is 1. The van der Waals surface area contributed by atoms with E-state index in [1.165, 1.54) is 17.3 Å². The summed E-state index contributed by atoms with van der Waals surface area (Å²) in [5, 5.41) is 4.44. The van der Waals surface area contributed by atoms with Crippen molar-refractivity contribution in [2.24, 2.45) is 5.41 Å². The minimum Gasteiger partial charge on any atom is -0.343 e. The van der Waals surface area contributed by atoms with Gasteiger partial charge in [-0.1, -0.05) is 85.2 Å². The summed E-state index contributed by atoms with van der Waals surface area (Å²) in [6.07, 6.45) is 1.13. The van der Waals surface area contributed by atoms with E-state index in [1.807, 2.05) is 24.3 Å². The summed E-state index contributed by atoms with van der Waals surface area (Å²) >= 11 is 8.07. The van der Waals surface area contributed by atoms with Gasteiger partial charge in [0.15, 0.2) is 10.9 Å². The first-order valence-corrected chi connectivity index (χ1v) is 12.7. The van der Waals surface area contributed by atoms with Crippen molar-refractivity contribution < 1.29 is 4.79 Å². The maximum atomic E-state index is 13.4. The number of ketones is 1. The number of thioether (sulfide) groups is 1. The highest BCUT2D eigenvalue weighted by molar-refractivity contribution is 7.98. The summed E-state index contributed by atoms with van der Waals surface area (Å²) in [5.41, 5.74) is 4.60. The predicted octanol–water partition coefficient (Wildman–Crippen LogP) is 6.22. The zero-order valence-electron chi connectivity index (χ0n) is 19.4. The summed E-state index contributed by atoms with van der Waals surface area (Å²) in [4.78, 5) is 34.5. The van der Waals surface area contributed by atoms with Crippen LogP contribution < -0.4 is 10.9 Å². The number of fused-ring (bicyclic) bond motifs is 1. The number of hydrogen-bond acceptors (Lipinski definition) is 5. The Labute approximate surface area is 208 Å². The Morgan fingerprint density at radius 3 is 2.68 bits per heavy atom. The molecule has 5 rings (SSSR count). The van der Waals surface area contributed by atoms with Crippen LogP contribution in [-0.4, -0.2) is 15.8 Å². The van der Waals surface area contributed by atoms with E-state index in [-0.39, 0.29) is 16.8 Å². The first kappa shape index (κ1) is 22.9. The highest BCUT2D eigenvalue weighted by Crippen LogP contribution is 2.48. The van der Waals surface area contributed by atoms with Crippen LogP contribution in [0.4, 0.5) is 5.82 Å². The van der Waals surface area contributed by atoms with Gasteiger partial charge in [0.1, 0.15) is 5.82 Å². The number of hydrogen-bond donors (Lipinski definition) is 2. The molecule has 0 unspecified atom stereocenters. The third kappa shape index (κ3) is 4.32. The number of carbonyl (C=O) groups is 1. The topological polar surface area (TPSA) is 74.8 Å². The first-order valence-electron chi connectivity index (χ1n) is 11.3. The van der Waals surface area contributed by atoms with E-state index in [2.05, 4.69) is 49.3 Å². The van der Waals surface area contributed by atoms with Gasteiger partial charge in [0.2, 0.25) is 0 Å². The lowest BCUT2D eigenvalue weighted by Crippen LogP contribution is -2.37. The lowest BCUT2D eigenvalue weighted by Gasteiger charge is -2.38. The minimum atomic E-state index is -0.546. The van der Waals surface area contributed by atoms with Gasteiger partial charge in [-0.2, -0.15) is 0 Å². The predicted molar refractivity (Wildman–Crippen MR) is 138 cm³/mol. The van der Waals surface area contributed by atoms with E-state index in [4.69, 9.17) is 16.6 Å². The largest absolute Gasteiger partial charge is 0.343 e. The molecule has 0 spiro atoms. The number of aromatic nitrogens is 2. The van der Waals surface area contributed by atoms with Crippen molar-refractivity contribution in [2.45, 2.75) is 50.4 Å². The molecule has 0 saturated carbocycles. The number of H-pyrrole nitrogens is 1. The summed E-state index contributed by atoms with van der Waals surface area (Å²) in [6, 6.07) is 15.7. The van der Waals surface area contributed by atoms with Gasteiger partial charge in [0.25, 0.3) is 5.56 Å². The van der Waals surface area contributed by atoms with Crippen molar-refractivity contribution in [1.82, 2.24) is 9.97 Å². The zero-order chi connectivity index (χ0) is 24.0. The molecular formula is C27H26ClN3O2S. The molecule has 7 heteroatoms. The van der Waals surface area contributed by atoms with Crippen molar-refractivity contribution in [1.29, 1.82) is 0 Å². The molecule has 2 heterocycles. The molecule has 2 aromatic carbocycles. The van der Waals surface area contributed by atoms with E-state index in [9.17, 15) is 9.59 Å². The first-order chi connectivity index (χ1) is 16.2. The third-order valence-corrected chi connectivity index (χ3v) is 7.66. The Balaban J connectivity index is 1.60. The zero-order valence-corrected chi connectivity index (χ0v) is 20.9. The molecule has 0 bridgehead atoms. The van der Waals surface area contributed by atoms with Crippen LogP contribution >= 0.6 is 23.4 Å². The van der Waals surface area contributed by atoms with Crippen molar-refractivity contribution in [3.63, 3.8) is 0 Å². The van der Waals surface area contributed by atoms with E-state index in [1.54, 1.807) is 6.07 Å². The molecule has 1 aliphatic carbocycles. The summed E-state index contributed by atoms with van der Waals surface area (Å²) in [5.74, 6) is 0.698. The van der Waals surface area contributed by atoms with Crippen molar-refractivity contribution in [3.05, 3.63) is 97.4 Å². The van der Waals surface area contributed by atoms with Crippen LogP contribution in [0.2, 0.25) is 5.02 Å². The van der Waals surface area contributed by atoms with Gasteiger partial charge in [-0.3, -0.25) is 9.59 Å². The lowest BCUT2D eigenvalue weighted by molar-refractivity contribution is -0.118. The Morgan fingerprint density at radius 2 is 1.91 bits per heavy atom. The molecular weight excluding hydrogens is 466 g/mol. The Bertz CT molecular complexity index is 1390. The molecule has 0 saturated heterocycles. The van der Waals surface area contributed by atoms with Gasteiger partial charge < -0.3 is 10.3 Å². The summed E-state index contributed by atoms with van der Waals surface area (Å²) in [6.45, 7) is 6.24. The monoisotopic (exact) mass is 491 g/mol. The number of anilines is 1. The van der Waals surface area contributed by atoms with Gasteiger partial charge in [0, 0.05) is 34.4 Å². The number of allylic oxidation sites excluding steroid dienone is 2. The molecule has 2 N–H and O–H groups in total. The van der Waals surface area contributed by atoms with E-state index < -0.39 is 5.92 Å². The standard InChI is InChI=1S/C27H26ClN3O2S/c1-15-7-6-8-16(11-15)14-34-26-30-24-23(25(33)31-26)21(17-9-4-5-10-18(17)28)22-19(29-24)12-27(2,3)13-20(22)32/h4-11,21H,12-14H2,1-3H3,(H2,29,30,31,33)/t21-/m1/s1. The normalized spacial score (nSPS) is 18.8. The number of carbonyl (C=O) groups excluding carboxylic acids is 1. The maximum Gasteiger partial charge on any atom is 0.257 e. The van der Waals surface area contributed by atoms with Gasteiger partial charge >= 0.3 is 0 Å². The average molecular weight is 492 g/mol. The number of aryl methyl sites for hydroxylation is 1. The van der Waals surface area contributed by atoms with Crippen LogP contribution in [0.1, 0.15) is 54.9 Å². The molecule has 3 aromatic rings. The van der Waals surface area contributed by atoms with Crippen LogP contribution in [0, 0.1) is 12.3 Å². The molecule has 2 aliphatic rings.